The first-order chi connectivity index (χ1) is 7.81. The van der Waals surface area contributed by atoms with Crippen LogP contribution in [0.15, 0.2) is 29.2 Å². The molecule has 1 aliphatic heterocycles. The third-order valence-electron chi connectivity index (χ3n) is 2.80. The van der Waals surface area contributed by atoms with Crippen molar-refractivity contribution in [3.05, 3.63) is 29.8 Å². The smallest absolute Gasteiger partial charge is 0.120 e. The molecule has 2 rings (SSSR count). The Kier molecular flexibility index (Phi) is 4.02. The Morgan fingerprint density at radius 2 is 2.25 bits per heavy atom. The molecule has 1 fully saturated rings. The van der Waals surface area contributed by atoms with Crippen molar-refractivity contribution in [3.8, 4) is 0 Å². The van der Waals surface area contributed by atoms with Gasteiger partial charge in [0, 0.05) is 11.3 Å². The quantitative estimate of drug-likeness (QED) is 0.735. The molecule has 1 aliphatic rings. The summed E-state index contributed by atoms with van der Waals surface area (Å²) in [6.07, 6.45) is 1.59. The molecule has 1 atom stereocenters. The molecular formula is C13H16O2S. The lowest BCUT2D eigenvalue weighted by atomic mass is 9.99. The van der Waals surface area contributed by atoms with Crippen molar-refractivity contribution >= 4 is 18.0 Å². The van der Waals surface area contributed by atoms with Crippen LogP contribution in [0.4, 0.5) is 0 Å². The van der Waals surface area contributed by atoms with Gasteiger partial charge in [-0.2, -0.15) is 0 Å². The summed E-state index contributed by atoms with van der Waals surface area (Å²) in [6.45, 7) is 3.80. The summed E-state index contributed by atoms with van der Waals surface area (Å²) in [4.78, 5) is 11.9. The van der Waals surface area contributed by atoms with Gasteiger partial charge in [-0.1, -0.05) is 25.1 Å². The second kappa shape index (κ2) is 5.51. The average molecular weight is 236 g/mol. The van der Waals surface area contributed by atoms with Crippen molar-refractivity contribution in [2.75, 3.05) is 13.2 Å². The van der Waals surface area contributed by atoms with Gasteiger partial charge in [-0.25, -0.2) is 0 Å². The zero-order valence-corrected chi connectivity index (χ0v) is 10.2. The minimum Gasteiger partial charge on any atom is -0.379 e. The Balaban J connectivity index is 2.11. The molecular weight excluding hydrogens is 220 g/mol. The van der Waals surface area contributed by atoms with Gasteiger partial charge in [-0.3, -0.25) is 0 Å². The second-order valence-corrected chi connectivity index (χ2v) is 5.46. The van der Waals surface area contributed by atoms with E-state index in [1.165, 1.54) is 10.5 Å². The maximum absolute atomic E-state index is 10.6. The summed E-state index contributed by atoms with van der Waals surface area (Å²) >= 11 is 1.87. The van der Waals surface area contributed by atoms with E-state index in [1.807, 2.05) is 17.8 Å². The molecule has 1 heterocycles. The zero-order chi connectivity index (χ0) is 11.4. The first-order valence-electron chi connectivity index (χ1n) is 5.58. The van der Waals surface area contributed by atoms with E-state index < -0.39 is 0 Å². The maximum atomic E-state index is 10.6. The Hall–Kier alpha value is -0.800. The van der Waals surface area contributed by atoms with E-state index in [2.05, 4.69) is 25.1 Å². The Morgan fingerprint density at radius 1 is 1.50 bits per heavy atom. The standard InChI is InChI=1S/C13H16O2S/c1-10(6-7-14)12-4-2-3-5-13(12)16-11-8-15-9-11/h2-5,7,10-11H,6,8-9H2,1H3. The summed E-state index contributed by atoms with van der Waals surface area (Å²) in [5, 5.41) is 0.588. The SMILES string of the molecule is CC(CC=O)c1ccccc1SC1COC1. The molecule has 16 heavy (non-hydrogen) atoms. The molecule has 0 aliphatic carbocycles. The monoisotopic (exact) mass is 236 g/mol. The van der Waals surface area contributed by atoms with Crippen molar-refractivity contribution in [1.29, 1.82) is 0 Å². The maximum Gasteiger partial charge on any atom is 0.120 e. The highest BCUT2D eigenvalue weighted by Crippen LogP contribution is 2.34. The largest absolute Gasteiger partial charge is 0.379 e. The lowest BCUT2D eigenvalue weighted by molar-refractivity contribution is -0.108. The molecule has 1 aromatic carbocycles. The highest BCUT2D eigenvalue weighted by Gasteiger charge is 2.21. The minimum atomic E-state index is 0.308. The minimum absolute atomic E-state index is 0.308. The van der Waals surface area contributed by atoms with Crippen LogP contribution in [-0.2, 0) is 9.53 Å². The van der Waals surface area contributed by atoms with E-state index in [4.69, 9.17) is 4.74 Å². The second-order valence-electron chi connectivity index (χ2n) is 4.12. The fourth-order valence-electron chi connectivity index (χ4n) is 1.73. The lowest BCUT2D eigenvalue weighted by Crippen LogP contribution is -2.30. The fraction of sp³-hybridized carbons (Fsp3) is 0.462. The molecule has 0 aromatic heterocycles. The number of thioether (sulfide) groups is 1. The van der Waals surface area contributed by atoms with Crippen molar-refractivity contribution in [2.45, 2.75) is 29.4 Å². The average Bonchev–Trinajstić information content (AvgIpc) is 2.24. The van der Waals surface area contributed by atoms with Crippen LogP contribution in [0, 0.1) is 0 Å². The van der Waals surface area contributed by atoms with Gasteiger partial charge in [0.05, 0.1) is 18.5 Å². The van der Waals surface area contributed by atoms with Gasteiger partial charge in [0.15, 0.2) is 0 Å². The fourth-order valence-corrected chi connectivity index (χ4v) is 2.98. The molecule has 0 spiro atoms. The van der Waals surface area contributed by atoms with Gasteiger partial charge < -0.3 is 9.53 Å². The van der Waals surface area contributed by atoms with Crippen LogP contribution in [-0.4, -0.2) is 24.7 Å². The normalized spacial score (nSPS) is 17.8. The van der Waals surface area contributed by atoms with Crippen molar-refractivity contribution < 1.29 is 9.53 Å². The van der Waals surface area contributed by atoms with E-state index >= 15 is 0 Å². The topological polar surface area (TPSA) is 26.3 Å². The summed E-state index contributed by atoms with van der Waals surface area (Å²) in [6, 6.07) is 8.35. The Morgan fingerprint density at radius 3 is 2.88 bits per heavy atom. The number of rotatable bonds is 5. The van der Waals surface area contributed by atoms with Gasteiger partial charge in [-0.05, 0) is 17.5 Å². The number of benzene rings is 1. The molecule has 2 nitrogen and oxygen atoms in total. The molecule has 0 bridgehead atoms. The number of carbonyl (C=O) groups excluding carboxylic acids is 1. The predicted molar refractivity (Wildman–Crippen MR) is 66.0 cm³/mol. The van der Waals surface area contributed by atoms with Gasteiger partial charge in [0.2, 0.25) is 0 Å². The summed E-state index contributed by atoms with van der Waals surface area (Å²) in [7, 11) is 0. The number of aldehydes is 1. The van der Waals surface area contributed by atoms with Crippen LogP contribution in [0.25, 0.3) is 0 Å². The van der Waals surface area contributed by atoms with Gasteiger partial charge in [-0.15, -0.1) is 11.8 Å². The van der Waals surface area contributed by atoms with Crippen LogP contribution in [0.5, 0.6) is 0 Å². The summed E-state index contributed by atoms with van der Waals surface area (Å²) in [5.41, 5.74) is 1.28. The first-order valence-corrected chi connectivity index (χ1v) is 6.46. The Bertz CT molecular complexity index is 361. The van der Waals surface area contributed by atoms with Gasteiger partial charge in [0.25, 0.3) is 0 Å². The van der Waals surface area contributed by atoms with Crippen molar-refractivity contribution in [1.82, 2.24) is 0 Å². The lowest BCUT2D eigenvalue weighted by Gasteiger charge is -2.26. The molecule has 0 amide bonds. The highest BCUT2D eigenvalue weighted by molar-refractivity contribution is 8.00. The zero-order valence-electron chi connectivity index (χ0n) is 9.39. The predicted octanol–water partition coefficient (Wildman–Crippen LogP) is 2.87. The molecule has 1 unspecified atom stereocenters. The number of hydrogen-bond donors (Lipinski definition) is 0. The first kappa shape index (κ1) is 11.7. The summed E-state index contributed by atoms with van der Waals surface area (Å²) < 4.78 is 5.18. The van der Waals surface area contributed by atoms with Crippen LogP contribution < -0.4 is 0 Å². The van der Waals surface area contributed by atoms with Crippen molar-refractivity contribution in [2.24, 2.45) is 0 Å². The van der Waals surface area contributed by atoms with E-state index in [0.717, 1.165) is 19.5 Å². The molecule has 1 aromatic rings. The Labute approximate surface area is 100 Å². The van der Waals surface area contributed by atoms with E-state index in [1.54, 1.807) is 0 Å². The molecule has 3 heteroatoms. The number of ether oxygens (including phenoxy) is 1. The van der Waals surface area contributed by atoms with Crippen molar-refractivity contribution in [3.63, 3.8) is 0 Å². The number of carbonyl (C=O) groups is 1. The molecule has 86 valence electrons. The van der Waals surface area contributed by atoms with Crippen LogP contribution in [0.2, 0.25) is 0 Å². The highest BCUT2D eigenvalue weighted by atomic mass is 32.2. The van der Waals surface area contributed by atoms with Gasteiger partial charge in [0.1, 0.15) is 6.29 Å². The molecule has 0 saturated carbocycles. The van der Waals surface area contributed by atoms with E-state index in [9.17, 15) is 4.79 Å². The van der Waals surface area contributed by atoms with E-state index in [-0.39, 0.29) is 0 Å². The van der Waals surface area contributed by atoms with Crippen LogP contribution in [0.1, 0.15) is 24.8 Å². The molecule has 0 N–H and O–H groups in total. The van der Waals surface area contributed by atoms with Crippen LogP contribution in [0.3, 0.4) is 0 Å². The molecule has 1 saturated heterocycles. The number of hydrogen-bond acceptors (Lipinski definition) is 3. The third kappa shape index (κ3) is 2.66. The van der Waals surface area contributed by atoms with Gasteiger partial charge >= 0.3 is 0 Å². The van der Waals surface area contributed by atoms with E-state index in [0.29, 0.717) is 17.6 Å². The summed E-state index contributed by atoms with van der Waals surface area (Å²) in [5.74, 6) is 0.308. The molecule has 0 radical (unpaired) electrons. The van der Waals surface area contributed by atoms with Crippen LogP contribution >= 0.6 is 11.8 Å². The third-order valence-corrected chi connectivity index (χ3v) is 4.03.